The summed E-state index contributed by atoms with van der Waals surface area (Å²) in [6, 6.07) is 6.69. The van der Waals surface area contributed by atoms with E-state index in [1.807, 2.05) is 12.1 Å². The third-order valence-electron chi connectivity index (χ3n) is 3.21. The smallest absolute Gasteiger partial charge is 0.408 e. The van der Waals surface area contributed by atoms with Crippen molar-refractivity contribution in [3.05, 3.63) is 33.4 Å². The number of nitrogens with one attached hydrogen (secondary N) is 2. The van der Waals surface area contributed by atoms with Crippen molar-refractivity contribution in [2.24, 2.45) is 0 Å². The first kappa shape index (κ1) is 18.0. The number of hydrogen-bond acceptors (Lipinski definition) is 4. The molecule has 2 amide bonds. The summed E-state index contributed by atoms with van der Waals surface area (Å²) in [5.41, 5.74) is 0.0112. The fourth-order valence-electron chi connectivity index (χ4n) is 2.15. The van der Waals surface area contributed by atoms with Crippen LogP contribution in [0.5, 0.6) is 0 Å². The zero-order chi connectivity index (χ0) is 17.0. The van der Waals surface area contributed by atoms with Crippen LogP contribution >= 0.6 is 22.6 Å². The van der Waals surface area contributed by atoms with Crippen molar-refractivity contribution in [2.45, 2.75) is 38.5 Å². The highest BCUT2D eigenvalue weighted by Crippen LogP contribution is 2.12. The molecule has 0 saturated carbocycles. The Hall–Kier alpha value is -1.35. The molecule has 23 heavy (non-hydrogen) atoms. The lowest BCUT2D eigenvalue weighted by Gasteiger charge is -2.24. The van der Waals surface area contributed by atoms with E-state index in [1.54, 1.807) is 32.9 Å². The van der Waals surface area contributed by atoms with E-state index in [1.165, 1.54) is 0 Å². The van der Waals surface area contributed by atoms with Crippen molar-refractivity contribution in [1.29, 1.82) is 0 Å². The van der Waals surface area contributed by atoms with Gasteiger partial charge in [0.05, 0.1) is 25.3 Å². The van der Waals surface area contributed by atoms with Gasteiger partial charge < -0.3 is 20.1 Å². The average molecular weight is 432 g/mol. The molecule has 2 rings (SSSR count). The van der Waals surface area contributed by atoms with Crippen LogP contribution in [0.15, 0.2) is 24.3 Å². The molecule has 126 valence electrons. The monoisotopic (exact) mass is 432 g/mol. The molecule has 2 N–H and O–H groups in total. The summed E-state index contributed by atoms with van der Waals surface area (Å²) in [5, 5.41) is 5.65. The zero-order valence-corrected chi connectivity index (χ0v) is 15.5. The van der Waals surface area contributed by atoms with Gasteiger partial charge in [-0.2, -0.15) is 0 Å². The molecule has 1 heterocycles. The van der Waals surface area contributed by atoms with Gasteiger partial charge in [0.25, 0.3) is 5.91 Å². The standard InChI is InChI=1S/C16H21IN2O4/c1-16(2,3)23-15(21)19-13-9-22-8-12(13)18-14(20)10-4-6-11(17)7-5-10/h4-7,12-13H,8-9H2,1-3H3,(H,18,20)(H,19,21). The van der Waals surface area contributed by atoms with Crippen molar-refractivity contribution < 1.29 is 19.1 Å². The minimum atomic E-state index is -0.566. The van der Waals surface area contributed by atoms with Crippen LogP contribution in [0.25, 0.3) is 0 Å². The molecule has 1 saturated heterocycles. The molecule has 2 atom stereocenters. The molecule has 6 nitrogen and oxygen atoms in total. The molecule has 2 unspecified atom stereocenters. The van der Waals surface area contributed by atoms with Crippen molar-refractivity contribution >= 4 is 34.6 Å². The van der Waals surface area contributed by atoms with Crippen LogP contribution in [-0.4, -0.2) is 42.9 Å². The highest BCUT2D eigenvalue weighted by atomic mass is 127. The largest absolute Gasteiger partial charge is 0.444 e. The first-order valence-corrected chi connectivity index (χ1v) is 8.46. The quantitative estimate of drug-likeness (QED) is 0.719. The third kappa shape index (κ3) is 5.65. The molecule has 1 aliphatic rings. The van der Waals surface area contributed by atoms with E-state index in [9.17, 15) is 9.59 Å². The predicted molar refractivity (Wildman–Crippen MR) is 94.4 cm³/mol. The Balaban J connectivity index is 1.92. The van der Waals surface area contributed by atoms with Gasteiger partial charge in [0.2, 0.25) is 0 Å². The fourth-order valence-corrected chi connectivity index (χ4v) is 2.51. The van der Waals surface area contributed by atoms with E-state index in [2.05, 4.69) is 33.2 Å². The van der Waals surface area contributed by atoms with Gasteiger partial charge in [-0.05, 0) is 67.6 Å². The average Bonchev–Trinajstić information content (AvgIpc) is 2.84. The van der Waals surface area contributed by atoms with E-state index in [0.717, 1.165) is 3.57 Å². The Morgan fingerprint density at radius 1 is 1.13 bits per heavy atom. The molecule has 0 aliphatic carbocycles. The van der Waals surface area contributed by atoms with E-state index in [-0.39, 0.29) is 18.0 Å². The first-order valence-electron chi connectivity index (χ1n) is 7.38. The van der Waals surface area contributed by atoms with Crippen LogP contribution in [0.4, 0.5) is 4.79 Å². The minimum Gasteiger partial charge on any atom is -0.444 e. The van der Waals surface area contributed by atoms with Gasteiger partial charge in [0, 0.05) is 9.13 Å². The van der Waals surface area contributed by atoms with Gasteiger partial charge in [-0.25, -0.2) is 4.79 Å². The summed E-state index contributed by atoms with van der Waals surface area (Å²) >= 11 is 2.18. The van der Waals surface area contributed by atoms with Crippen LogP contribution in [0.3, 0.4) is 0 Å². The number of halogens is 1. The molecule has 0 bridgehead atoms. The number of benzene rings is 1. The maximum atomic E-state index is 12.3. The van der Waals surface area contributed by atoms with Crippen molar-refractivity contribution in [1.82, 2.24) is 10.6 Å². The number of carbonyl (C=O) groups excluding carboxylic acids is 2. The lowest BCUT2D eigenvalue weighted by molar-refractivity contribution is 0.0492. The molecular weight excluding hydrogens is 411 g/mol. The second-order valence-electron chi connectivity index (χ2n) is 6.38. The minimum absolute atomic E-state index is 0.187. The van der Waals surface area contributed by atoms with Gasteiger partial charge >= 0.3 is 6.09 Å². The van der Waals surface area contributed by atoms with Gasteiger partial charge in [-0.3, -0.25) is 4.79 Å². The number of rotatable bonds is 3. The molecule has 0 radical (unpaired) electrons. The lowest BCUT2D eigenvalue weighted by Crippen LogP contribution is -2.51. The normalized spacial score (nSPS) is 20.9. The lowest BCUT2D eigenvalue weighted by atomic mass is 10.1. The number of hydrogen-bond donors (Lipinski definition) is 2. The van der Waals surface area contributed by atoms with E-state index in [4.69, 9.17) is 9.47 Å². The van der Waals surface area contributed by atoms with Gasteiger partial charge in [-0.15, -0.1) is 0 Å². The molecule has 1 aromatic carbocycles. The summed E-state index contributed by atoms with van der Waals surface area (Å²) in [6.45, 7) is 6.10. The Morgan fingerprint density at radius 3 is 2.26 bits per heavy atom. The number of carbonyl (C=O) groups is 2. The first-order chi connectivity index (χ1) is 10.7. The van der Waals surface area contributed by atoms with E-state index < -0.39 is 11.7 Å². The van der Waals surface area contributed by atoms with Gasteiger partial charge in [0.1, 0.15) is 5.60 Å². The third-order valence-corrected chi connectivity index (χ3v) is 3.92. The molecule has 1 aromatic rings. The number of ether oxygens (including phenoxy) is 2. The Kier molecular flexibility index (Phi) is 5.85. The van der Waals surface area contributed by atoms with Crippen LogP contribution < -0.4 is 10.6 Å². The SMILES string of the molecule is CC(C)(C)OC(=O)NC1COCC1NC(=O)c1ccc(I)cc1. The van der Waals surface area contributed by atoms with Gasteiger partial charge in [-0.1, -0.05) is 0 Å². The zero-order valence-electron chi connectivity index (χ0n) is 13.4. The van der Waals surface area contributed by atoms with Crippen LogP contribution in [-0.2, 0) is 9.47 Å². The Bertz CT molecular complexity index is 568. The molecule has 0 spiro atoms. The molecule has 1 fully saturated rings. The predicted octanol–water partition coefficient (Wildman–Crippen LogP) is 2.31. The summed E-state index contributed by atoms with van der Waals surface area (Å²) < 4.78 is 11.7. The molecule has 1 aliphatic heterocycles. The summed E-state index contributed by atoms with van der Waals surface area (Å²) in [7, 11) is 0. The highest BCUT2D eigenvalue weighted by molar-refractivity contribution is 14.1. The van der Waals surface area contributed by atoms with Crippen LogP contribution in [0.1, 0.15) is 31.1 Å². The summed E-state index contributed by atoms with van der Waals surface area (Å²) in [6.07, 6.45) is -0.512. The topological polar surface area (TPSA) is 76.7 Å². The Morgan fingerprint density at radius 2 is 1.70 bits per heavy atom. The molecular formula is C16H21IN2O4. The summed E-state index contributed by atoms with van der Waals surface area (Å²) in [4.78, 5) is 24.1. The highest BCUT2D eigenvalue weighted by Gasteiger charge is 2.32. The van der Waals surface area contributed by atoms with Crippen LogP contribution in [0, 0.1) is 3.57 Å². The van der Waals surface area contributed by atoms with Crippen molar-refractivity contribution in [3.8, 4) is 0 Å². The number of amides is 2. The molecule has 0 aromatic heterocycles. The fraction of sp³-hybridized carbons (Fsp3) is 0.500. The van der Waals surface area contributed by atoms with E-state index >= 15 is 0 Å². The maximum Gasteiger partial charge on any atom is 0.408 e. The van der Waals surface area contributed by atoms with Crippen molar-refractivity contribution in [2.75, 3.05) is 13.2 Å². The van der Waals surface area contributed by atoms with E-state index in [0.29, 0.717) is 18.8 Å². The second-order valence-corrected chi connectivity index (χ2v) is 7.62. The Labute approximate surface area is 149 Å². The van der Waals surface area contributed by atoms with Gasteiger partial charge in [0.15, 0.2) is 0 Å². The maximum absolute atomic E-state index is 12.3. The van der Waals surface area contributed by atoms with Crippen LogP contribution in [0.2, 0.25) is 0 Å². The molecule has 7 heteroatoms. The van der Waals surface area contributed by atoms with Crippen molar-refractivity contribution in [3.63, 3.8) is 0 Å². The second kappa shape index (κ2) is 7.48. The summed E-state index contributed by atoms with van der Waals surface area (Å²) in [5.74, 6) is -0.187. The number of alkyl carbamates (subject to hydrolysis) is 1.